The molecule has 1 heterocycles. The van der Waals surface area contributed by atoms with Crippen LogP contribution in [0, 0.1) is 11.7 Å². The van der Waals surface area contributed by atoms with Gasteiger partial charge in [-0.3, -0.25) is 9.59 Å². The third-order valence-corrected chi connectivity index (χ3v) is 3.43. The van der Waals surface area contributed by atoms with E-state index in [9.17, 15) is 14.0 Å². The van der Waals surface area contributed by atoms with E-state index in [1.165, 1.54) is 23.1 Å². The highest BCUT2D eigenvalue weighted by molar-refractivity contribution is 6.30. The van der Waals surface area contributed by atoms with Crippen molar-refractivity contribution in [2.24, 2.45) is 5.92 Å². The van der Waals surface area contributed by atoms with Gasteiger partial charge >= 0.3 is 0 Å². The molecule has 1 saturated heterocycles. The highest BCUT2D eigenvalue weighted by Gasteiger charge is 2.33. The summed E-state index contributed by atoms with van der Waals surface area (Å²) in [4.78, 5) is 25.4. The van der Waals surface area contributed by atoms with Gasteiger partial charge in [-0.05, 0) is 30.5 Å². The number of nitrogens with zero attached hydrogens (tertiary/aromatic N) is 1. The maximum Gasteiger partial charge on any atom is 0.250 e. The Hall–Kier alpha value is -1.62. The quantitative estimate of drug-likeness (QED) is 0.931. The lowest BCUT2D eigenvalue weighted by Crippen LogP contribution is -2.58. The Morgan fingerprint density at radius 3 is 2.75 bits per heavy atom. The zero-order chi connectivity index (χ0) is 14.9. The summed E-state index contributed by atoms with van der Waals surface area (Å²) in [6.45, 7) is 3.84. The number of amides is 2. The minimum Gasteiger partial charge on any atom is -0.343 e. The van der Waals surface area contributed by atoms with E-state index in [4.69, 9.17) is 11.6 Å². The number of rotatable bonds is 3. The SMILES string of the molecule is CC(C)CC1NC(=O)CN(c2ccc(Cl)c(F)c2)C1=O. The molecule has 108 valence electrons. The van der Waals surface area contributed by atoms with Crippen molar-refractivity contribution < 1.29 is 14.0 Å². The molecule has 1 unspecified atom stereocenters. The van der Waals surface area contributed by atoms with E-state index in [-0.39, 0.29) is 29.3 Å². The van der Waals surface area contributed by atoms with E-state index in [0.29, 0.717) is 12.1 Å². The average molecular weight is 299 g/mol. The van der Waals surface area contributed by atoms with Gasteiger partial charge in [0.1, 0.15) is 18.4 Å². The standard InChI is InChI=1S/C14H16ClFN2O2/c1-8(2)5-12-14(20)18(7-13(19)17-12)9-3-4-10(15)11(16)6-9/h3-4,6,8,12H,5,7H2,1-2H3,(H,17,19). The minimum absolute atomic E-state index is 0.0126. The van der Waals surface area contributed by atoms with Gasteiger partial charge in [-0.15, -0.1) is 0 Å². The predicted octanol–water partition coefficient (Wildman–Crippen LogP) is 2.36. The Labute approximate surface area is 121 Å². The first-order chi connectivity index (χ1) is 9.38. The number of hydrogen-bond donors (Lipinski definition) is 1. The molecule has 1 fully saturated rings. The number of piperazine rings is 1. The third kappa shape index (κ3) is 3.10. The maximum atomic E-state index is 13.5. The van der Waals surface area contributed by atoms with Crippen LogP contribution in [-0.4, -0.2) is 24.4 Å². The van der Waals surface area contributed by atoms with Crippen molar-refractivity contribution in [1.82, 2.24) is 5.32 Å². The third-order valence-electron chi connectivity index (χ3n) is 3.12. The molecule has 0 spiro atoms. The molecular weight excluding hydrogens is 283 g/mol. The van der Waals surface area contributed by atoms with Crippen molar-refractivity contribution in [2.45, 2.75) is 26.3 Å². The van der Waals surface area contributed by atoms with Crippen LogP contribution in [0.1, 0.15) is 20.3 Å². The van der Waals surface area contributed by atoms with Gasteiger partial charge in [-0.1, -0.05) is 25.4 Å². The van der Waals surface area contributed by atoms with Crippen molar-refractivity contribution in [3.8, 4) is 0 Å². The molecule has 1 aliphatic rings. The fourth-order valence-electron chi connectivity index (χ4n) is 2.21. The number of hydrogen-bond acceptors (Lipinski definition) is 2. The second-order valence-electron chi connectivity index (χ2n) is 5.27. The summed E-state index contributed by atoms with van der Waals surface area (Å²) in [6, 6.07) is 3.53. The molecule has 1 atom stereocenters. The van der Waals surface area contributed by atoms with E-state index in [1.54, 1.807) is 0 Å². The van der Waals surface area contributed by atoms with Crippen LogP contribution in [0.5, 0.6) is 0 Å². The van der Waals surface area contributed by atoms with E-state index >= 15 is 0 Å². The van der Waals surface area contributed by atoms with Gasteiger partial charge in [0.25, 0.3) is 0 Å². The Morgan fingerprint density at radius 1 is 1.45 bits per heavy atom. The number of carbonyl (C=O) groups is 2. The van der Waals surface area contributed by atoms with E-state index in [1.807, 2.05) is 13.8 Å². The zero-order valence-corrected chi connectivity index (χ0v) is 12.1. The van der Waals surface area contributed by atoms with Crippen LogP contribution in [0.2, 0.25) is 5.02 Å². The van der Waals surface area contributed by atoms with Crippen LogP contribution < -0.4 is 10.2 Å². The largest absolute Gasteiger partial charge is 0.343 e. The smallest absolute Gasteiger partial charge is 0.250 e. The molecule has 0 bridgehead atoms. The van der Waals surface area contributed by atoms with E-state index < -0.39 is 11.9 Å². The van der Waals surface area contributed by atoms with E-state index in [2.05, 4.69) is 5.32 Å². The molecule has 0 aliphatic carbocycles. The molecule has 0 radical (unpaired) electrons. The number of carbonyl (C=O) groups excluding carboxylic acids is 2. The fourth-order valence-corrected chi connectivity index (χ4v) is 2.33. The van der Waals surface area contributed by atoms with Crippen molar-refractivity contribution in [2.75, 3.05) is 11.4 Å². The van der Waals surface area contributed by atoms with Gasteiger partial charge in [0, 0.05) is 5.69 Å². The first-order valence-corrected chi connectivity index (χ1v) is 6.82. The molecule has 1 aromatic rings. The Balaban J connectivity index is 2.27. The Bertz CT molecular complexity index is 548. The monoisotopic (exact) mass is 298 g/mol. The maximum absolute atomic E-state index is 13.5. The van der Waals surface area contributed by atoms with Gasteiger partial charge in [0.05, 0.1) is 5.02 Å². The summed E-state index contributed by atoms with van der Waals surface area (Å²) in [5, 5.41) is 2.66. The van der Waals surface area contributed by atoms with Crippen molar-refractivity contribution in [3.63, 3.8) is 0 Å². The summed E-state index contributed by atoms with van der Waals surface area (Å²) in [5.41, 5.74) is 0.348. The molecule has 2 amide bonds. The second kappa shape index (κ2) is 5.79. The second-order valence-corrected chi connectivity index (χ2v) is 5.68. The molecule has 2 rings (SSSR count). The first kappa shape index (κ1) is 14.8. The molecule has 6 heteroatoms. The molecule has 4 nitrogen and oxygen atoms in total. The van der Waals surface area contributed by atoms with Gasteiger partial charge < -0.3 is 10.2 Å². The van der Waals surface area contributed by atoms with Crippen LogP contribution in [0.25, 0.3) is 0 Å². The van der Waals surface area contributed by atoms with Crippen LogP contribution in [-0.2, 0) is 9.59 Å². The van der Waals surface area contributed by atoms with Crippen LogP contribution in [0.4, 0.5) is 10.1 Å². The molecule has 20 heavy (non-hydrogen) atoms. The predicted molar refractivity (Wildman–Crippen MR) is 75.1 cm³/mol. The normalized spacial score (nSPS) is 19.4. The fraction of sp³-hybridized carbons (Fsp3) is 0.429. The summed E-state index contributed by atoms with van der Waals surface area (Å²) < 4.78 is 13.5. The van der Waals surface area contributed by atoms with Crippen molar-refractivity contribution in [1.29, 1.82) is 0 Å². The number of anilines is 1. The first-order valence-electron chi connectivity index (χ1n) is 6.44. The molecular formula is C14H16ClFN2O2. The Kier molecular flexibility index (Phi) is 4.28. The van der Waals surface area contributed by atoms with Crippen LogP contribution in [0.3, 0.4) is 0 Å². The molecule has 1 aromatic carbocycles. The minimum atomic E-state index is -0.608. The van der Waals surface area contributed by atoms with Gasteiger partial charge in [0.2, 0.25) is 11.8 Å². The number of halogens is 2. The topological polar surface area (TPSA) is 49.4 Å². The summed E-state index contributed by atoms with van der Waals surface area (Å²) >= 11 is 5.62. The molecule has 1 aliphatic heterocycles. The molecule has 0 saturated carbocycles. The Morgan fingerprint density at radius 2 is 2.15 bits per heavy atom. The molecule has 1 N–H and O–H groups in total. The van der Waals surface area contributed by atoms with Crippen LogP contribution in [0.15, 0.2) is 18.2 Å². The number of benzene rings is 1. The van der Waals surface area contributed by atoms with Crippen molar-refractivity contribution in [3.05, 3.63) is 29.0 Å². The van der Waals surface area contributed by atoms with Gasteiger partial charge in [0.15, 0.2) is 0 Å². The lowest BCUT2D eigenvalue weighted by atomic mass is 10.0. The molecule has 0 aromatic heterocycles. The van der Waals surface area contributed by atoms with E-state index in [0.717, 1.165) is 0 Å². The summed E-state index contributed by atoms with van der Waals surface area (Å²) in [6.07, 6.45) is 0.553. The lowest BCUT2D eigenvalue weighted by Gasteiger charge is -2.33. The highest BCUT2D eigenvalue weighted by Crippen LogP contribution is 2.24. The average Bonchev–Trinajstić information content (AvgIpc) is 2.36. The van der Waals surface area contributed by atoms with Gasteiger partial charge in [-0.25, -0.2) is 4.39 Å². The summed E-state index contributed by atoms with van der Waals surface area (Å²) in [7, 11) is 0. The van der Waals surface area contributed by atoms with Crippen molar-refractivity contribution >= 4 is 29.1 Å². The van der Waals surface area contributed by atoms with Gasteiger partial charge in [-0.2, -0.15) is 0 Å². The lowest BCUT2D eigenvalue weighted by molar-refractivity contribution is -0.131. The van der Waals surface area contributed by atoms with Crippen LogP contribution >= 0.6 is 11.6 Å². The highest BCUT2D eigenvalue weighted by atomic mass is 35.5. The number of nitrogens with one attached hydrogen (secondary N) is 1. The zero-order valence-electron chi connectivity index (χ0n) is 11.3. The summed E-state index contributed by atoms with van der Waals surface area (Å²) in [5.74, 6) is -0.805.